The Labute approximate surface area is 158 Å². The molecular weight excluding hydrogens is 398 g/mol. The van der Waals surface area contributed by atoms with Crippen molar-refractivity contribution in [2.75, 3.05) is 16.8 Å². The maximum Gasteiger partial charge on any atom is 0.354 e. The molecule has 0 unspecified atom stereocenters. The van der Waals surface area contributed by atoms with Crippen molar-refractivity contribution in [3.8, 4) is 0 Å². The number of benzene rings is 2. The zero-order valence-corrected chi connectivity index (χ0v) is 15.2. The molecule has 0 atom stereocenters. The number of nitro groups is 1. The Morgan fingerprint density at radius 3 is 2.65 bits per heavy atom. The number of hydrogen-bond donors (Lipinski definition) is 1. The molecule has 0 radical (unpaired) electrons. The van der Waals surface area contributed by atoms with E-state index in [1.165, 1.54) is 6.33 Å². The van der Waals surface area contributed by atoms with E-state index in [1.807, 2.05) is 53.4 Å². The van der Waals surface area contributed by atoms with Crippen molar-refractivity contribution in [2.24, 2.45) is 0 Å². The van der Waals surface area contributed by atoms with Crippen LogP contribution in [0.1, 0.15) is 5.56 Å². The molecule has 0 spiro atoms. The molecule has 3 aromatic rings. The number of aromatic nitrogens is 2. The molecule has 1 aromatic heterocycles. The number of anilines is 4. The van der Waals surface area contributed by atoms with E-state index in [4.69, 9.17) is 0 Å². The van der Waals surface area contributed by atoms with Gasteiger partial charge in [-0.2, -0.15) is 0 Å². The van der Waals surface area contributed by atoms with E-state index in [2.05, 4.69) is 31.2 Å². The number of fused-ring (bicyclic) bond motifs is 1. The van der Waals surface area contributed by atoms with Crippen molar-refractivity contribution in [3.05, 3.63) is 75.0 Å². The first-order valence-corrected chi connectivity index (χ1v) is 8.80. The highest BCUT2D eigenvalue weighted by Gasteiger charge is 2.31. The lowest BCUT2D eigenvalue weighted by Gasteiger charge is -2.19. The molecule has 0 saturated carbocycles. The fourth-order valence-electron chi connectivity index (χ4n) is 3.05. The molecule has 0 aliphatic carbocycles. The van der Waals surface area contributed by atoms with Crippen molar-refractivity contribution in [2.45, 2.75) is 6.42 Å². The van der Waals surface area contributed by atoms with Gasteiger partial charge in [-0.15, -0.1) is 0 Å². The third kappa shape index (κ3) is 2.99. The molecule has 0 bridgehead atoms. The molecule has 2 heterocycles. The summed E-state index contributed by atoms with van der Waals surface area (Å²) >= 11 is 3.37. The maximum atomic E-state index is 11.8. The van der Waals surface area contributed by atoms with Crippen molar-refractivity contribution in [1.82, 2.24) is 9.97 Å². The van der Waals surface area contributed by atoms with Gasteiger partial charge >= 0.3 is 5.69 Å². The van der Waals surface area contributed by atoms with Crippen LogP contribution in [0.4, 0.5) is 28.7 Å². The van der Waals surface area contributed by atoms with Crippen LogP contribution in [0.25, 0.3) is 0 Å². The largest absolute Gasteiger partial charge is 0.354 e. The topological polar surface area (TPSA) is 84.2 Å². The summed E-state index contributed by atoms with van der Waals surface area (Å²) in [4.78, 5) is 21.6. The highest BCUT2D eigenvalue weighted by atomic mass is 79.9. The van der Waals surface area contributed by atoms with Crippen LogP contribution in [0, 0.1) is 10.1 Å². The second-order valence-electron chi connectivity index (χ2n) is 5.81. The molecule has 1 aliphatic rings. The van der Waals surface area contributed by atoms with E-state index in [9.17, 15) is 10.1 Å². The monoisotopic (exact) mass is 411 g/mol. The molecule has 8 heteroatoms. The second kappa shape index (κ2) is 6.72. The van der Waals surface area contributed by atoms with Crippen LogP contribution in [0.3, 0.4) is 0 Å². The third-order valence-corrected chi connectivity index (χ3v) is 4.76. The van der Waals surface area contributed by atoms with Crippen LogP contribution in [0.5, 0.6) is 0 Å². The Hall–Kier alpha value is -3.00. The van der Waals surface area contributed by atoms with Crippen LogP contribution in [-0.2, 0) is 6.42 Å². The maximum absolute atomic E-state index is 11.8. The molecule has 26 heavy (non-hydrogen) atoms. The van der Waals surface area contributed by atoms with Crippen LogP contribution in [-0.4, -0.2) is 21.4 Å². The zero-order chi connectivity index (χ0) is 18.1. The first-order chi connectivity index (χ1) is 12.6. The Balaban J connectivity index is 1.77. The van der Waals surface area contributed by atoms with Gasteiger partial charge < -0.3 is 10.2 Å². The molecular formula is C18H14BrN5O2. The minimum atomic E-state index is -0.433. The molecule has 2 aromatic carbocycles. The Morgan fingerprint density at radius 1 is 1.12 bits per heavy atom. The van der Waals surface area contributed by atoms with Crippen LogP contribution in [0.15, 0.2) is 59.3 Å². The van der Waals surface area contributed by atoms with Crippen LogP contribution in [0.2, 0.25) is 0 Å². The van der Waals surface area contributed by atoms with Gasteiger partial charge in [0.1, 0.15) is 6.33 Å². The van der Waals surface area contributed by atoms with Gasteiger partial charge in [-0.3, -0.25) is 10.1 Å². The number of rotatable bonds is 4. The summed E-state index contributed by atoms with van der Waals surface area (Å²) in [6.45, 7) is 0.648. The average molecular weight is 412 g/mol. The predicted octanol–water partition coefficient (Wildman–Crippen LogP) is 4.59. The van der Waals surface area contributed by atoms with Gasteiger partial charge in [0.05, 0.1) is 4.92 Å². The molecule has 0 fully saturated rings. The highest BCUT2D eigenvalue weighted by molar-refractivity contribution is 9.10. The first-order valence-electron chi connectivity index (χ1n) is 8.01. The summed E-state index contributed by atoms with van der Waals surface area (Å²) in [5.74, 6) is 0.473. The minimum absolute atomic E-state index is 0.132. The smallest absolute Gasteiger partial charge is 0.334 e. The van der Waals surface area contributed by atoms with Gasteiger partial charge in [-0.25, -0.2) is 9.97 Å². The lowest BCUT2D eigenvalue weighted by atomic mass is 10.2. The average Bonchev–Trinajstić information content (AvgIpc) is 3.07. The summed E-state index contributed by atoms with van der Waals surface area (Å²) in [5, 5.41) is 14.8. The van der Waals surface area contributed by atoms with Gasteiger partial charge in [0.25, 0.3) is 0 Å². The Morgan fingerprint density at radius 2 is 1.88 bits per heavy atom. The zero-order valence-electron chi connectivity index (χ0n) is 13.6. The second-order valence-corrected chi connectivity index (χ2v) is 6.73. The minimum Gasteiger partial charge on any atom is -0.334 e. The molecule has 0 amide bonds. The number of nitrogens with one attached hydrogen (secondary N) is 1. The highest BCUT2D eigenvalue weighted by Crippen LogP contribution is 2.40. The van der Waals surface area contributed by atoms with E-state index < -0.39 is 4.92 Å². The number of para-hydroxylation sites is 1. The Bertz CT molecular complexity index is 978. The molecule has 1 N–H and O–H groups in total. The van der Waals surface area contributed by atoms with Gasteiger partial charge in [-0.05, 0) is 42.3 Å². The lowest BCUT2D eigenvalue weighted by molar-refractivity contribution is -0.383. The standard InChI is InChI=1S/C18H14BrN5O2/c19-13-5-7-14(8-6-13)22-17-16(24(25)26)18(21-11-20-17)23-10-9-12-3-1-2-4-15(12)23/h1-8,11H,9-10H2,(H,20,21,22). The summed E-state index contributed by atoms with van der Waals surface area (Å²) in [7, 11) is 0. The van der Waals surface area contributed by atoms with Crippen molar-refractivity contribution >= 4 is 44.6 Å². The summed E-state index contributed by atoms with van der Waals surface area (Å²) in [6, 6.07) is 15.2. The van der Waals surface area contributed by atoms with Crippen LogP contribution >= 0.6 is 15.9 Å². The normalized spacial score (nSPS) is 12.7. The van der Waals surface area contributed by atoms with Gasteiger partial charge in [0.15, 0.2) is 0 Å². The summed E-state index contributed by atoms with van der Waals surface area (Å²) < 4.78 is 0.926. The first kappa shape index (κ1) is 16.5. The van der Waals surface area contributed by atoms with E-state index in [0.29, 0.717) is 18.1 Å². The SMILES string of the molecule is O=[N+]([O-])c1c(Nc2ccc(Br)cc2)ncnc1N1CCc2ccccc21. The van der Waals surface area contributed by atoms with Gasteiger partial charge in [0, 0.05) is 22.4 Å². The third-order valence-electron chi connectivity index (χ3n) is 4.24. The fourth-order valence-corrected chi connectivity index (χ4v) is 3.32. The number of nitrogens with zero attached hydrogens (tertiary/aromatic N) is 4. The molecule has 7 nitrogen and oxygen atoms in total. The van der Waals surface area contributed by atoms with Crippen LogP contribution < -0.4 is 10.2 Å². The van der Waals surface area contributed by atoms with Crippen molar-refractivity contribution < 1.29 is 4.92 Å². The van der Waals surface area contributed by atoms with Crippen molar-refractivity contribution in [1.29, 1.82) is 0 Å². The summed E-state index contributed by atoms with van der Waals surface area (Å²) in [6.07, 6.45) is 2.18. The lowest BCUT2D eigenvalue weighted by Crippen LogP contribution is -2.17. The van der Waals surface area contributed by atoms with E-state index in [1.54, 1.807) is 0 Å². The fraction of sp³-hybridized carbons (Fsp3) is 0.111. The Kier molecular flexibility index (Phi) is 4.26. The van der Waals surface area contributed by atoms with E-state index in [0.717, 1.165) is 22.1 Å². The quantitative estimate of drug-likeness (QED) is 0.499. The van der Waals surface area contributed by atoms with Crippen molar-refractivity contribution in [3.63, 3.8) is 0 Å². The summed E-state index contributed by atoms with van der Waals surface area (Å²) in [5.41, 5.74) is 2.68. The van der Waals surface area contributed by atoms with E-state index >= 15 is 0 Å². The number of hydrogen-bond acceptors (Lipinski definition) is 6. The van der Waals surface area contributed by atoms with Gasteiger partial charge in [-0.1, -0.05) is 34.1 Å². The van der Waals surface area contributed by atoms with E-state index in [-0.39, 0.29) is 11.5 Å². The molecule has 4 rings (SSSR count). The number of halogens is 1. The van der Waals surface area contributed by atoms with Gasteiger partial charge in [0.2, 0.25) is 11.6 Å². The molecule has 1 aliphatic heterocycles. The molecule has 0 saturated heterocycles. The predicted molar refractivity (Wildman–Crippen MR) is 103 cm³/mol. The molecule has 130 valence electrons.